The Morgan fingerprint density at radius 3 is 2.53 bits per heavy atom. The molecule has 0 spiro atoms. The minimum Gasteiger partial charge on any atom is -0.262 e. The normalized spacial score (nSPS) is 10.7. The SMILES string of the molecule is Brc1cccc(N=Nc2cccnc2)c1. The molecule has 0 bridgehead atoms. The molecule has 0 saturated carbocycles. The van der Waals surface area contributed by atoms with Crippen molar-refractivity contribution in [3.63, 3.8) is 0 Å². The Bertz CT molecular complexity index is 468. The van der Waals surface area contributed by atoms with Crippen LogP contribution in [0.4, 0.5) is 11.4 Å². The third kappa shape index (κ3) is 2.95. The largest absolute Gasteiger partial charge is 0.262 e. The van der Waals surface area contributed by atoms with Crippen LogP contribution in [-0.4, -0.2) is 4.98 Å². The zero-order valence-electron chi connectivity index (χ0n) is 7.84. The van der Waals surface area contributed by atoms with Crippen molar-refractivity contribution < 1.29 is 0 Å². The maximum absolute atomic E-state index is 4.09. The van der Waals surface area contributed by atoms with Crippen LogP contribution < -0.4 is 0 Å². The molecule has 0 amide bonds. The molecule has 0 fully saturated rings. The van der Waals surface area contributed by atoms with Crippen molar-refractivity contribution in [3.05, 3.63) is 53.3 Å². The molecule has 0 aliphatic rings. The second kappa shape index (κ2) is 4.79. The standard InChI is InChI=1S/C11H8BrN3/c12-9-3-1-4-10(7-9)14-15-11-5-2-6-13-8-11/h1-8H. The Balaban J connectivity index is 2.19. The fraction of sp³-hybridized carbons (Fsp3) is 0. The Kier molecular flexibility index (Phi) is 3.19. The van der Waals surface area contributed by atoms with Crippen LogP contribution in [0, 0.1) is 0 Å². The highest BCUT2D eigenvalue weighted by Crippen LogP contribution is 2.20. The maximum Gasteiger partial charge on any atom is 0.104 e. The average molecular weight is 262 g/mol. The summed E-state index contributed by atoms with van der Waals surface area (Å²) in [6.07, 6.45) is 3.37. The first-order chi connectivity index (χ1) is 7.34. The van der Waals surface area contributed by atoms with Gasteiger partial charge in [0.05, 0.1) is 11.9 Å². The number of hydrogen-bond acceptors (Lipinski definition) is 3. The molecular weight excluding hydrogens is 254 g/mol. The zero-order chi connectivity index (χ0) is 10.5. The molecule has 0 N–H and O–H groups in total. The second-order valence-corrected chi connectivity index (χ2v) is 3.81. The van der Waals surface area contributed by atoms with E-state index in [1.165, 1.54) is 0 Å². The molecule has 15 heavy (non-hydrogen) atoms. The van der Waals surface area contributed by atoms with Gasteiger partial charge in [-0.1, -0.05) is 22.0 Å². The van der Waals surface area contributed by atoms with Crippen LogP contribution in [0.5, 0.6) is 0 Å². The van der Waals surface area contributed by atoms with Crippen LogP contribution >= 0.6 is 15.9 Å². The van der Waals surface area contributed by atoms with E-state index in [2.05, 4.69) is 31.1 Å². The number of aromatic nitrogens is 1. The fourth-order valence-electron chi connectivity index (χ4n) is 1.07. The van der Waals surface area contributed by atoms with Crippen LogP contribution in [0.15, 0.2) is 63.5 Å². The first-order valence-electron chi connectivity index (χ1n) is 4.42. The van der Waals surface area contributed by atoms with E-state index in [1.54, 1.807) is 12.4 Å². The summed E-state index contributed by atoms with van der Waals surface area (Å²) in [6, 6.07) is 11.3. The molecule has 1 aromatic carbocycles. The number of rotatable bonds is 2. The van der Waals surface area contributed by atoms with Gasteiger partial charge in [0.2, 0.25) is 0 Å². The average Bonchev–Trinajstić information content (AvgIpc) is 2.28. The summed E-state index contributed by atoms with van der Waals surface area (Å²) >= 11 is 3.37. The van der Waals surface area contributed by atoms with Gasteiger partial charge in [0.15, 0.2) is 0 Å². The van der Waals surface area contributed by atoms with Gasteiger partial charge in [0.25, 0.3) is 0 Å². The van der Waals surface area contributed by atoms with Gasteiger partial charge in [0.1, 0.15) is 5.69 Å². The van der Waals surface area contributed by atoms with Gasteiger partial charge in [-0.15, -0.1) is 5.11 Å². The van der Waals surface area contributed by atoms with Crippen LogP contribution in [0.3, 0.4) is 0 Å². The minimum absolute atomic E-state index is 0.748. The van der Waals surface area contributed by atoms with Gasteiger partial charge >= 0.3 is 0 Å². The number of hydrogen-bond donors (Lipinski definition) is 0. The van der Waals surface area contributed by atoms with Crippen molar-refractivity contribution in [2.75, 3.05) is 0 Å². The van der Waals surface area contributed by atoms with E-state index in [1.807, 2.05) is 36.4 Å². The first-order valence-corrected chi connectivity index (χ1v) is 5.21. The van der Waals surface area contributed by atoms with E-state index < -0.39 is 0 Å². The first kappa shape index (κ1) is 9.98. The number of halogens is 1. The van der Waals surface area contributed by atoms with E-state index in [0.29, 0.717) is 0 Å². The van der Waals surface area contributed by atoms with Crippen molar-refractivity contribution >= 4 is 27.3 Å². The highest BCUT2D eigenvalue weighted by Gasteiger charge is 1.91. The lowest BCUT2D eigenvalue weighted by Gasteiger charge is -1.93. The number of benzene rings is 1. The Morgan fingerprint density at radius 1 is 1.00 bits per heavy atom. The predicted molar refractivity (Wildman–Crippen MR) is 62.6 cm³/mol. The molecule has 0 aliphatic carbocycles. The van der Waals surface area contributed by atoms with Gasteiger partial charge in [-0.25, -0.2) is 0 Å². The summed E-state index contributed by atoms with van der Waals surface area (Å²) in [7, 11) is 0. The third-order valence-corrected chi connectivity index (χ3v) is 2.23. The van der Waals surface area contributed by atoms with Gasteiger partial charge < -0.3 is 0 Å². The highest BCUT2D eigenvalue weighted by molar-refractivity contribution is 9.10. The molecule has 0 saturated heterocycles. The maximum atomic E-state index is 4.09. The monoisotopic (exact) mass is 261 g/mol. The molecule has 2 aromatic rings. The van der Waals surface area contributed by atoms with Crippen molar-refractivity contribution in [1.82, 2.24) is 4.98 Å². The fourth-order valence-corrected chi connectivity index (χ4v) is 1.45. The number of nitrogens with zero attached hydrogens (tertiary/aromatic N) is 3. The number of azo groups is 1. The van der Waals surface area contributed by atoms with Crippen molar-refractivity contribution in [3.8, 4) is 0 Å². The molecule has 74 valence electrons. The number of pyridine rings is 1. The summed E-state index contributed by atoms with van der Waals surface area (Å²) < 4.78 is 0.991. The molecular formula is C11H8BrN3. The molecule has 2 rings (SSSR count). The minimum atomic E-state index is 0.748. The zero-order valence-corrected chi connectivity index (χ0v) is 9.42. The summed E-state index contributed by atoms with van der Waals surface area (Å²) in [5.41, 5.74) is 1.56. The lowest BCUT2D eigenvalue weighted by atomic mass is 10.3. The Labute approximate surface area is 96.0 Å². The van der Waals surface area contributed by atoms with Crippen LogP contribution in [-0.2, 0) is 0 Å². The van der Waals surface area contributed by atoms with E-state index in [0.717, 1.165) is 15.8 Å². The third-order valence-electron chi connectivity index (χ3n) is 1.74. The lowest BCUT2D eigenvalue weighted by Crippen LogP contribution is -1.67. The van der Waals surface area contributed by atoms with Gasteiger partial charge in [0, 0.05) is 10.7 Å². The van der Waals surface area contributed by atoms with Gasteiger partial charge in [-0.05, 0) is 30.3 Å². The Hall–Kier alpha value is -1.55. The van der Waals surface area contributed by atoms with Crippen LogP contribution in [0.2, 0.25) is 0 Å². The smallest absolute Gasteiger partial charge is 0.104 e. The van der Waals surface area contributed by atoms with Gasteiger partial charge in [-0.2, -0.15) is 5.11 Å². The molecule has 0 aliphatic heterocycles. The quantitative estimate of drug-likeness (QED) is 0.745. The van der Waals surface area contributed by atoms with Crippen molar-refractivity contribution in [2.45, 2.75) is 0 Å². The molecule has 4 heteroatoms. The highest BCUT2D eigenvalue weighted by atomic mass is 79.9. The van der Waals surface area contributed by atoms with E-state index >= 15 is 0 Å². The summed E-state index contributed by atoms with van der Waals surface area (Å²) in [6.45, 7) is 0. The second-order valence-electron chi connectivity index (χ2n) is 2.89. The Morgan fingerprint density at radius 2 is 1.80 bits per heavy atom. The molecule has 0 atom stereocenters. The summed E-state index contributed by atoms with van der Waals surface area (Å²) in [4.78, 5) is 3.95. The predicted octanol–water partition coefficient (Wildman–Crippen LogP) is 4.26. The van der Waals surface area contributed by atoms with E-state index in [9.17, 15) is 0 Å². The van der Waals surface area contributed by atoms with Gasteiger partial charge in [-0.3, -0.25) is 4.98 Å². The molecule has 1 heterocycles. The van der Waals surface area contributed by atoms with Crippen LogP contribution in [0.1, 0.15) is 0 Å². The topological polar surface area (TPSA) is 37.6 Å². The van der Waals surface area contributed by atoms with E-state index in [-0.39, 0.29) is 0 Å². The van der Waals surface area contributed by atoms with E-state index in [4.69, 9.17) is 0 Å². The van der Waals surface area contributed by atoms with Crippen molar-refractivity contribution in [1.29, 1.82) is 0 Å². The molecule has 0 radical (unpaired) electrons. The molecule has 1 aromatic heterocycles. The molecule has 3 nitrogen and oxygen atoms in total. The lowest BCUT2D eigenvalue weighted by molar-refractivity contribution is 1.20. The molecule has 0 unspecified atom stereocenters. The van der Waals surface area contributed by atoms with Crippen molar-refractivity contribution in [2.24, 2.45) is 10.2 Å². The summed E-state index contributed by atoms with van der Waals surface area (Å²) in [5, 5.41) is 8.15. The van der Waals surface area contributed by atoms with Crippen LogP contribution in [0.25, 0.3) is 0 Å². The summed E-state index contributed by atoms with van der Waals surface area (Å²) in [5.74, 6) is 0.